The lowest BCUT2D eigenvalue weighted by Gasteiger charge is -2.17. The molecule has 0 aliphatic heterocycles. The van der Waals surface area contributed by atoms with Gasteiger partial charge in [0.05, 0.1) is 10.5 Å². The third-order valence-corrected chi connectivity index (χ3v) is 4.51. The van der Waals surface area contributed by atoms with Crippen molar-refractivity contribution >= 4 is 35.3 Å². The Kier molecular flexibility index (Phi) is 10.5. The number of hydrogen-bond acceptors (Lipinski definition) is 6. The number of carboxylic acids is 2. The molecule has 30 heavy (non-hydrogen) atoms. The topological polar surface area (TPSA) is 111 Å². The Labute approximate surface area is 184 Å². The quantitative estimate of drug-likeness (QED) is 0.470. The third-order valence-electron chi connectivity index (χ3n) is 3.40. The summed E-state index contributed by atoms with van der Waals surface area (Å²) in [6, 6.07) is 13.1. The maximum Gasteiger partial charge on any atom is 0.328 e. The molecular formula is C21H21ClN2O5S. The minimum absolute atomic E-state index is 0.467. The van der Waals surface area contributed by atoms with Crippen LogP contribution in [0.3, 0.4) is 0 Å². The Morgan fingerprint density at radius 1 is 1.17 bits per heavy atom. The number of carbonyl (C=O) groups is 2. The van der Waals surface area contributed by atoms with Gasteiger partial charge in [0, 0.05) is 29.8 Å². The van der Waals surface area contributed by atoms with Crippen LogP contribution in [0.5, 0.6) is 11.5 Å². The van der Waals surface area contributed by atoms with E-state index in [9.17, 15) is 14.9 Å². The highest BCUT2D eigenvalue weighted by atomic mass is 35.5. The first kappa shape index (κ1) is 25.0. The molecule has 0 saturated heterocycles. The van der Waals surface area contributed by atoms with Crippen LogP contribution in [0.25, 0.3) is 0 Å². The fourth-order valence-electron chi connectivity index (χ4n) is 2.27. The summed E-state index contributed by atoms with van der Waals surface area (Å²) in [5, 5.41) is 25.4. The van der Waals surface area contributed by atoms with Gasteiger partial charge in [-0.25, -0.2) is 9.59 Å². The molecule has 0 radical (unpaired) electrons. The van der Waals surface area contributed by atoms with Gasteiger partial charge >= 0.3 is 11.9 Å². The first-order valence-electron chi connectivity index (χ1n) is 8.50. The molecular weight excluding hydrogens is 428 g/mol. The summed E-state index contributed by atoms with van der Waals surface area (Å²) in [5.41, 5.74) is 1.66. The zero-order valence-electron chi connectivity index (χ0n) is 16.6. The highest BCUT2D eigenvalue weighted by Crippen LogP contribution is 2.36. The lowest BCUT2D eigenvalue weighted by molar-refractivity contribution is -0.134. The van der Waals surface area contributed by atoms with Crippen molar-refractivity contribution in [3.8, 4) is 17.6 Å². The number of rotatable bonds is 7. The maximum absolute atomic E-state index is 9.55. The summed E-state index contributed by atoms with van der Waals surface area (Å²) in [6.45, 7) is 0.827. The van der Waals surface area contributed by atoms with Crippen molar-refractivity contribution < 1.29 is 24.5 Å². The molecule has 2 N–H and O–H groups in total. The molecule has 2 aromatic carbocycles. The van der Waals surface area contributed by atoms with Crippen LogP contribution in [0.4, 0.5) is 0 Å². The lowest BCUT2D eigenvalue weighted by atomic mass is 10.2. The molecule has 0 amide bonds. The van der Waals surface area contributed by atoms with Gasteiger partial charge in [0.25, 0.3) is 0 Å². The van der Waals surface area contributed by atoms with Gasteiger partial charge in [-0.05, 0) is 44.1 Å². The van der Waals surface area contributed by atoms with E-state index < -0.39 is 11.9 Å². The van der Waals surface area contributed by atoms with Crippen LogP contribution < -0.4 is 4.74 Å². The first-order valence-corrected chi connectivity index (χ1v) is 10.1. The summed E-state index contributed by atoms with van der Waals surface area (Å²) >= 11 is 7.65. The minimum atomic E-state index is -1.26. The van der Waals surface area contributed by atoms with Crippen LogP contribution in [0.1, 0.15) is 11.1 Å². The molecule has 0 aliphatic carbocycles. The molecule has 0 fully saturated rings. The molecule has 9 heteroatoms. The van der Waals surface area contributed by atoms with Gasteiger partial charge in [-0.2, -0.15) is 5.26 Å². The van der Waals surface area contributed by atoms with Crippen molar-refractivity contribution in [1.29, 1.82) is 5.26 Å². The molecule has 0 bridgehead atoms. The van der Waals surface area contributed by atoms with Gasteiger partial charge in [-0.15, -0.1) is 11.8 Å². The van der Waals surface area contributed by atoms with Crippen LogP contribution in [-0.4, -0.2) is 47.4 Å². The van der Waals surface area contributed by atoms with E-state index >= 15 is 0 Å². The van der Waals surface area contributed by atoms with Crippen LogP contribution >= 0.6 is 23.4 Å². The van der Waals surface area contributed by atoms with Crippen LogP contribution in [0.15, 0.2) is 53.4 Å². The largest absolute Gasteiger partial charge is 0.478 e. The van der Waals surface area contributed by atoms with Crippen molar-refractivity contribution in [2.45, 2.75) is 11.4 Å². The highest BCUT2D eigenvalue weighted by molar-refractivity contribution is 7.98. The van der Waals surface area contributed by atoms with Gasteiger partial charge in [0.2, 0.25) is 0 Å². The molecule has 0 aromatic heterocycles. The van der Waals surface area contributed by atoms with E-state index in [2.05, 4.69) is 17.0 Å². The van der Waals surface area contributed by atoms with E-state index in [0.717, 1.165) is 17.2 Å². The Balaban J connectivity index is 0.000000479. The second kappa shape index (κ2) is 12.5. The number of aliphatic carboxylic acids is 2. The van der Waals surface area contributed by atoms with Crippen molar-refractivity contribution in [1.82, 2.24) is 4.90 Å². The van der Waals surface area contributed by atoms with E-state index in [0.29, 0.717) is 28.5 Å². The van der Waals surface area contributed by atoms with Gasteiger partial charge < -0.3 is 19.8 Å². The molecule has 0 aliphatic rings. The van der Waals surface area contributed by atoms with Crippen molar-refractivity contribution in [2.75, 3.05) is 20.4 Å². The predicted molar refractivity (Wildman–Crippen MR) is 116 cm³/mol. The molecule has 0 spiro atoms. The van der Waals surface area contributed by atoms with Gasteiger partial charge in [-0.1, -0.05) is 23.7 Å². The number of halogens is 1. The van der Waals surface area contributed by atoms with E-state index in [1.165, 1.54) is 5.56 Å². The summed E-state index contributed by atoms with van der Waals surface area (Å²) in [5.74, 6) is -1.29. The van der Waals surface area contributed by atoms with Gasteiger partial charge in [0.1, 0.15) is 17.6 Å². The SMILES string of the molecule is CSc1c(CN(C)C)cccc1Oc1cc(Cl)ccc1C#N.O=C(O)C=CC(=O)O. The zero-order chi connectivity index (χ0) is 22.7. The second-order valence-corrected chi connectivity index (χ2v) is 7.30. The third kappa shape index (κ3) is 8.57. The number of nitriles is 1. The summed E-state index contributed by atoms with van der Waals surface area (Å²) < 4.78 is 5.98. The van der Waals surface area contributed by atoms with Crippen LogP contribution in [-0.2, 0) is 16.1 Å². The number of carboxylic acid groups (broad SMARTS) is 2. The Morgan fingerprint density at radius 2 is 1.80 bits per heavy atom. The zero-order valence-corrected chi connectivity index (χ0v) is 18.2. The Morgan fingerprint density at radius 3 is 2.30 bits per heavy atom. The van der Waals surface area contributed by atoms with Crippen LogP contribution in [0, 0.1) is 11.3 Å². The Bertz CT molecular complexity index is 954. The second-order valence-electron chi connectivity index (χ2n) is 6.05. The fraction of sp³-hybridized carbons (Fsp3) is 0.190. The summed E-state index contributed by atoms with van der Waals surface area (Å²) in [4.78, 5) is 22.3. The standard InChI is InChI=1S/C17H17ClN2OS.C4H4O4/c1-20(2)11-13-5-4-6-15(17(13)22-3)21-16-9-14(18)8-7-12(16)10-19;5-3(6)1-2-4(7)8/h4-9H,11H2,1-3H3;1-2H,(H,5,6)(H,7,8). The van der Waals surface area contributed by atoms with Gasteiger partial charge in [-0.3, -0.25) is 0 Å². The number of ether oxygens (including phenoxy) is 1. The fourth-order valence-corrected chi connectivity index (χ4v) is 3.14. The summed E-state index contributed by atoms with van der Waals surface area (Å²) in [7, 11) is 4.06. The number of thioether (sulfide) groups is 1. The molecule has 0 saturated carbocycles. The van der Waals surface area contributed by atoms with E-state index in [4.69, 9.17) is 26.6 Å². The molecule has 158 valence electrons. The maximum atomic E-state index is 9.55. The average Bonchev–Trinajstić information content (AvgIpc) is 2.67. The molecule has 0 atom stereocenters. The van der Waals surface area contributed by atoms with Crippen molar-refractivity contribution in [3.63, 3.8) is 0 Å². The smallest absolute Gasteiger partial charge is 0.328 e. The Hall–Kier alpha value is -2.99. The summed E-state index contributed by atoms with van der Waals surface area (Å²) in [6.07, 6.45) is 3.13. The molecule has 0 unspecified atom stereocenters. The van der Waals surface area contributed by atoms with E-state index in [-0.39, 0.29) is 0 Å². The van der Waals surface area contributed by atoms with Crippen molar-refractivity contribution in [2.24, 2.45) is 0 Å². The van der Waals surface area contributed by atoms with Crippen LogP contribution in [0.2, 0.25) is 5.02 Å². The van der Waals surface area contributed by atoms with Crippen molar-refractivity contribution in [3.05, 3.63) is 64.7 Å². The lowest BCUT2D eigenvalue weighted by Crippen LogP contribution is -2.11. The average molecular weight is 449 g/mol. The molecule has 7 nitrogen and oxygen atoms in total. The normalized spacial score (nSPS) is 10.3. The minimum Gasteiger partial charge on any atom is -0.478 e. The first-order chi connectivity index (χ1) is 14.2. The predicted octanol–water partition coefficient (Wildman–Crippen LogP) is 4.50. The number of hydrogen-bond donors (Lipinski definition) is 2. The molecule has 0 heterocycles. The number of benzene rings is 2. The molecule has 2 rings (SSSR count). The highest BCUT2D eigenvalue weighted by Gasteiger charge is 2.12. The number of nitrogens with zero attached hydrogens (tertiary/aromatic N) is 2. The van der Waals surface area contributed by atoms with Gasteiger partial charge in [0.15, 0.2) is 0 Å². The van der Waals surface area contributed by atoms with E-state index in [1.54, 1.807) is 30.0 Å². The molecule has 2 aromatic rings. The monoisotopic (exact) mass is 448 g/mol. The van der Waals surface area contributed by atoms with E-state index in [1.807, 2.05) is 32.5 Å².